The van der Waals surface area contributed by atoms with Gasteiger partial charge in [-0.25, -0.2) is 4.98 Å². The van der Waals surface area contributed by atoms with Gasteiger partial charge < -0.3 is 10.7 Å². The number of imidazole rings is 1. The first-order valence-electron chi connectivity index (χ1n) is 5.26. The van der Waals surface area contributed by atoms with Crippen LogP contribution in [0.1, 0.15) is 25.6 Å². The minimum absolute atomic E-state index is 0.434. The molecule has 2 heterocycles. The van der Waals surface area contributed by atoms with E-state index < -0.39 is 0 Å². The first-order chi connectivity index (χ1) is 7.70. The molecule has 0 spiro atoms. The highest BCUT2D eigenvalue weighted by atomic mass is 35.5. The van der Waals surface area contributed by atoms with Crippen LogP contribution in [0.4, 0.5) is 5.82 Å². The van der Waals surface area contributed by atoms with Crippen LogP contribution in [-0.4, -0.2) is 20.2 Å². The number of anilines is 1. The number of aromatic nitrogens is 4. The smallest absolute Gasteiger partial charge is 0.145 e. The van der Waals surface area contributed by atoms with Gasteiger partial charge in [-0.3, -0.25) is 5.10 Å². The summed E-state index contributed by atoms with van der Waals surface area (Å²) in [5.74, 6) is 1.33. The summed E-state index contributed by atoms with van der Waals surface area (Å²) >= 11 is 6.06. The molecule has 0 radical (unpaired) electrons. The molecule has 6 heteroatoms. The van der Waals surface area contributed by atoms with Crippen molar-refractivity contribution >= 4 is 17.4 Å². The monoisotopic (exact) mass is 239 g/mol. The number of rotatable bonds is 4. The molecule has 0 atom stereocenters. The van der Waals surface area contributed by atoms with Crippen LogP contribution in [0.15, 0.2) is 6.07 Å². The van der Waals surface area contributed by atoms with E-state index in [0.29, 0.717) is 16.7 Å². The van der Waals surface area contributed by atoms with Gasteiger partial charge >= 0.3 is 0 Å². The van der Waals surface area contributed by atoms with Crippen LogP contribution in [0.3, 0.4) is 0 Å². The van der Waals surface area contributed by atoms with Crippen molar-refractivity contribution in [1.29, 1.82) is 0 Å². The van der Waals surface area contributed by atoms with Crippen LogP contribution in [0.2, 0.25) is 5.15 Å². The highest BCUT2D eigenvalue weighted by molar-refractivity contribution is 6.31. The minimum atomic E-state index is 0.434. The molecule has 2 aromatic heterocycles. The lowest BCUT2D eigenvalue weighted by Gasteiger charge is -1.91. The van der Waals surface area contributed by atoms with Gasteiger partial charge in [0.25, 0.3) is 0 Å². The van der Waals surface area contributed by atoms with Crippen molar-refractivity contribution in [2.45, 2.75) is 26.2 Å². The van der Waals surface area contributed by atoms with Crippen LogP contribution in [0, 0.1) is 0 Å². The molecule has 0 aliphatic rings. The zero-order chi connectivity index (χ0) is 11.5. The molecule has 0 saturated carbocycles. The predicted molar refractivity (Wildman–Crippen MR) is 64.2 cm³/mol. The third-order valence-corrected chi connectivity index (χ3v) is 2.60. The molecule has 0 aliphatic heterocycles. The van der Waals surface area contributed by atoms with E-state index in [9.17, 15) is 0 Å². The van der Waals surface area contributed by atoms with Crippen molar-refractivity contribution in [3.63, 3.8) is 0 Å². The Morgan fingerprint density at radius 1 is 1.50 bits per heavy atom. The minimum Gasteiger partial charge on any atom is -0.382 e. The standard InChI is InChI=1S/C10H14ClN5/c1-2-3-4-8-13-9(10(11)14-8)6-5-7(12)16-15-6/h5H,2-4H2,1H3,(H,13,14)(H3,12,15,16). The second-order valence-corrected chi connectivity index (χ2v) is 4.03. The SMILES string of the molecule is CCCCc1nc(-c2cc(N)n[nH]2)c(Cl)[nH]1. The first kappa shape index (κ1) is 11.0. The molecule has 0 saturated heterocycles. The van der Waals surface area contributed by atoms with Gasteiger partial charge in [-0.1, -0.05) is 24.9 Å². The molecular formula is C10H14ClN5. The van der Waals surface area contributed by atoms with Gasteiger partial charge in [0.2, 0.25) is 0 Å². The van der Waals surface area contributed by atoms with E-state index >= 15 is 0 Å². The normalized spacial score (nSPS) is 10.9. The van der Waals surface area contributed by atoms with Crippen molar-refractivity contribution < 1.29 is 0 Å². The van der Waals surface area contributed by atoms with Crippen LogP contribution in [0.25, 0.3) is 11.4 Å². The summed E-state index contributed by atoms with van der Waals surface area (Å²) in [5, 5.41) is 7.16. The van der Waals surface area contributed by atoms with Crippen LogP contribution in [0.5, 0.6) is 0 Å². The average molecular weight is 240 g/mol. The quantitative estimate of drug-likeness (QED) is 0.766. The Morgan fingerprint density at radius 3 is 2.94 bits per heavy atom. The van der Waals surface area contributed by atoms with Crippen molar-refractivity contribution in [2.24, 2.45) is 0 Å². The van der Waals surface area contributed by atoms with Crippen LogP contribution < -0.4 is 5.73 Å². The first-order valence-corrected chi connectivity index (χ1v) is 5.64. The maximum atomic E-state index is 6.06. The van der Waals surface area contributed by atoms with Gasteiger partial charge in [0, 0.05) is 12.5 Å². The maximum Gasteiger partial charge on any atom is 0.145 e. The third-order valence-electron chi connectivity index (χ3n) is 2.33. The number of hydrogen-bond donors (Lipinski definition) is 3. The van der Waals surface area contributed by atoms with Crippen molar-refractivity contribution in [3.8, 4) is 11.4 Å². The number of H-pyrrole nitrogens is 2. The van der Waals surface area contributed by atoms with E-state index in [1.54, 1.807) is 6.07 Å². The predicted octanol–water partition coefficient (Wildman–Crippen LogP) is 2.38. The number of nitrogen functional groups attached to an aromatic ring is 1. The third kappa shape index (κ3) is 2.19. The molecule has 5 nitrogen and oxygen atoms in total. The molecule has 86 valence electrons. The van der Waals surface area contributed by atoms with Gasteiger partial charge in [0.05, 0.1) is 5.69 Å². The molecule has 0 fully saturated rings. The van der Waals surface area contributed by atoms with E-state index in [4.69, 9.17) is 17.3 Å². The summed E-state index contributed by atoms with van der Waals surface area (Å²) in [7, 11) is 0. The Kier molecular flexibility index (Phi) is 3.14. The number of aromatic amines is 2. The Bertz CT molecular complexity index is 473. The van der Waals surface area contributed by atoms with Crippen molar-refractivity contribution in [3.05, 3.63) is 17.0 Å². The second-order valence-electron chi connectivity index (χ2n) is 3.66. The molecule has 0 unspecified atom stereocenters. The van der Waals surface area contributed by atoms with Gasteiger partial charge in [-0.2, -0.15) is 5.10 Å². The van der Waals surface area contributed by atoms with E-state index in [1.165, 1.54) is 0 Å². The molecule has 4 N–H and O–H groups in total. The highest BCUT2D eigenvalue weighted by Gasteiger charge is 2.12. The van der Waals surface area contributed by atoms with Gasteiger partial charge in [-0.05, 0) is 6.42 Å². The molecule has 2 aromatic rings. The summed E-state index contributed by atoms with van der Waals surface area (Å²) < 4.78 is 0. The largest absolute Gasteiger partial charge is 0.382 e. The number of hydrogen-bond acceptors (Lipinski definition) is 3. The second kappa shape index (κ2) is 4.57. The van der Waals surface area contributed by atoms with E-state index in [2.05, 4.69) is 27.1 Å². The average Bonchev–Trinajstić information content (AvgIpc) is 2.82. The number of halogens is 1. The summed E-state index contributed by atoms with van der Waals surface area (Å²) in [6.45, 7) is 2.14. The Morgan fingerprint density at radius 2 is 2.31 bits per heavy atom. The fourth-order valence-electron chi connectivity index (χ4n) is 1.50. The lowest BCUT2D eigenvalue weighted by Crippen LogP contribution is -1.87. The molecule has 0 amide bonds. The molecule has 0 aliphatic carbocycles. The maximum absolute atomic E-state index is 6.06. The summed E-state index contributed by atoms with van der Waals surface area (Å²) in [5.41, 5.74) is 6.94. The van der Waals surface area contributed by atoms with E-state index in [0.717, 1.165) is 30.8 Å². The molecule has 2 rings (SSSR count). The Balaban J connectivity index is 2.24. The summed E-state index contributed by atoms with van der Waals surface area (Å²) in [4.78, 5) is 7.47. The van der Waals surface area contributed by atoms with Crippen LogP contribution in [-0.2, 0) is 6.42 Å². The topological polar surface area (TPSA) is 83.4 Å². The lowest BCUT2D eigenvalue weighted by molar-refractivity contribution is 0.763. The highest BCUT2D eigenvalue weighted by Crippen LogP contribution is 2.25. The molecule has 16 heavy (non-hydrogen) atoms. The van der Waals surface area contributed by atoms with Crippen molar-refractivity contribution in [1.82, 2.24) is 20.2 Å². The lowest BCUT2D eigenvalue weighted by atomic mass is 10.2. The van der Waals surface area contributed by atoms with Crippen molar-refractivity contribution in [2.75, 3.05) is 5.73 Å². The van der Waals surface area contributed by atoms with Crippen LogP contribution >= 0.6 is 11.6 Å². The Hall–Kier alpha value is -1.49. The number of nitrogens with one attached hydrogen (secondary N) is 2. The number of unbranched alkanes of at least 4 members (excludes halogenated alkanes) is 1. The fraction of sp³-hybridized carbons (Fsp3) is 0.400. The van der Waals surface area contributed by atoms with E-state index in [-0.39, 0.29) is 0 Å². The van der Waals surface area contributed by atoms with Gasteiger partial charge in [-0.15, -0.1) is 0 Å². The fourth-order valence-corrected chi connectivity index (χ4v) is 1.75. The zero-order valence-corrected chi connectivity index (χ0v) is 9.80. The number of aryl methyl sites for hydroxylation is 1. The van der Waals surface area contributed by atoms with Gasteiger partial charge in [0.1, 0.15) is 22.5 Å². The molecular weight excluding hydrogens is 226 g/mol. The summed E-state index contributed by atoms with van der Waals surface area (Å²) in [6.07, 6.45) is 3.12. The molecule has 0 aromatic carbocycles. The van der Waals surface area contributed by atoms with E-state index in [1.807, 2.05) is 0 Å². The molecule has 0 bridgehead atoms. The zero-order valence-electron chi connectivity index (χ0n) is 9.05. The number of nitrogens with zero attached hydrogens (tertiary/aromatic N) is 2. The number of nitrogens with two attached hydrogens (primary N) is 1. The Labute approximate surface area is 98.4 Å². The summed E-state index contributed by atoms with van der Waals surface area (Å²) in [6, 6.07) is 1.71. The van der Waals surface area contributed by atoms with Gasteiger partial charge in [0.15, 0.2) is 0 Å².